The number of nitrogens with zero attached hydrogens (tertiary/aromatic N) is 1. The highest BCUT2D eigenvalue weighted by Gasteiger charge is 2.05. The number of hydrogen-bond donors (Lipinski definition) is 1. The second kappa shape index (κ2) is 9.24. The first-order chi connectivity index (χ1) is 13.2. The number of hydrazone groups is 1. The van der Waals surface area contributed by atoms with E-state index in [-0.39, 0.29) is 5.91 Å². The van der Waals surface area contributed by atoms with Gasteiger partial charge in [-0.15, -0.1) is 0 Å². The van der Waals surface area contributed by atoms with Crippen LogP contribution in [-0.4, -0.2) is 18.7 Å². The molecule has 2 aromatic carbocycles. The third-order valence-electron chi connectivity index (χ3n) is 3.66. The fraction of sp³-hybridized carbons (Fsp3) is 0.143. The van der Waals surface area contributed by atoms with Crippen molar-refractivity contribution in [3.63, 3.8) is 0 Å². The van der Waals surface area contributed by atoms with Crippen LogP contribution in [0.1, 0.15) is 28.6 Å². The summed E-state index contributed by atoms with van der Waals surface area (Å²) in [5.41, 5.74) is 3.93. The summed E-state index contributed by atoms with van der Waals surface area (Å²) in [6.07, 6.45) is 2.98. The number of carbonyl (C=O) groups is 1. The van der Waals surface area contributed by atoms with Gasteiger partial charge in [0.05, 0.1) is 19.1 Å². The molecule has 1 heterocycles. The van der Waals surface area contributed by atoms with Gasteiger partial charge in [-0.25, -0.2) is 5.43 Å². The van der Waals surface area contributed by atoms with Crippen molar-refractivity contribution in [2.75, 3.05) is 6.61 Å². The molecule has 138 valence electrons. The molecule has 1 aromatic heterocycles. The molecule has 3 rings (SSSR count). The monoisotopic (exact) mass is 364 g/mol. The third kappa shape index (κ3) is 5.47. The maximum absolute atomic E-state index is 12.1. The zero-order valence-corrected chi connectivity index (χ0v) is 14.9. The minimum atomic E-state index is -0.295. The molecule has 27 heavy (non-hydrogen) atoms. The largest absolute Gasteiger partial charge is 0.494 e. The number of hydrogen-bond acceptors (Lipinski definition) is 5. The second-order valence-electron chi connectivity index (χ2n) is 5.60. The van der Waals surface area contributed by atoms with Crippen LogP contribution in [0.5, 0.6) is 11.5 Å². The number of rotatable bonds is 8. The highest BCUT2D eigenvalue weighted by Crippen LogP contribution is 2.18. The van der Waals surface area contributed by atoms with Gasteiger partial charge in [0.25, 0.3) is 5.91 Å². The molecule has 0 atom stereocenters. The van der Waals surface area contributed by atoms with Gasteiger partial charge < -0.3 is 13.9 Å². The lowest BCUT2D eigenvalue weighted by Gasteiger charge is -2.08. The topological polar surface area (TPSA) is 73.1 Å². The number of amides is 1. The van der Waals surface area contributed by atoms with Crippen LogP contribution in [0, 0.1) is 0 Å². The van der Waals surface area contributed by atoms with Gasteiger partial charge >= 0.3 is 0 Å². The Hall–Kier alpha value is -3.54. The average Bonchev–Trinajstić information content (AvgIpc) is 3.21. The van der Waals surface area contributed by atoms with Gasteiger partial charge in [0.1, 0.15) is 23.9 Å². The van der Waals surface area contributed by atoms with Gasteiger partial charge in [-0.3, -0.25) is 4.79 Å². The van der Waals surface area contributed by atoms with Crippen LogP contribution in [-0.2, 0) is 6.61 Å². The van der Waals surface area contributed by atoms with E-state index in [9.17, 15) is 4.79 Å². The van der Waals surface area contributed by atoms with E-state index in [4.69, 9.17) is 13.9 Å². The highest BCUT2D eigenvalue weighted by molar-refractivity contribution is 5.94. The quantitative estimate of drug-likeness (QED) is 0.484. The van der Waals surface area contributed by atoms with Crippen LogP contribution in [0.3, 0.4) is 0 Å². The fourth-order valence-corrected chi connectivity index (χ4v) is 2.30. The van der Waals surface area contributed by atoms with E-state index >= 15 is 0 Å². The van der Waals surface area contributed by atoms with Crippen molar-refractivity contribution >= 4 is 12.1 Å². The van der Waals surface area contributed by atoms with Gasteiger partial charge in [0.15, 0.2) is 0 Å². The Morgan fingerprint density at radius 3 is 2.37 bits per heavy atom. The average molecular weight is 364 g/mol. The van der Waals surface area contributed by atoms with Crippen LogP contribution in [0.15, 0.2) is 76.4 Å². The molecule has 0 saturated heterocycles. The minimum absolute atomic E-state index is 0.295. The summed E-state index contributed by atoms with van der Waals surface area (Å²) in [5, 5.41) is 3.86. The van der Waals surface area contributed by atoms with E-state index < -0.39 is 0 Å². The number of nitrogens with one attached hydrogen (secondary N) is 1. The molecule has 0 aliphatic rings. The normalized spacial score (nSPS) is 10.7. The van der Waals surface area contributed by atoms with E-state index in [0.717, 1.165) is 17.1 Å². The molecule has 1 amide bonds. The van der Waals surface area contributed by atoms with Crippen molar-refractivity contribution < 1.29 is 18.7 Å². The summed E-state index contributed by atoms with van der Waals surface area (Å²) >= 11 is 0. The maximum atomic E-state index is 12.1. The van der Waals surface area contributed by atoms with Crippen LogP contribution in [0.2, 0.25) is 0 Å². The Morgan fingerprint density at radius 2 is 1.74 bits per heavy atom. The number of benzene rings is 2. The third-order valence-corrected chi connectivity index (χ3v) is 3.66. The lowest BCUT2D eigenvalue weighted by Crippen LogP contribution is -2.17. The van der Waals surface area contributed by atoms with E-state index in [2.05, 4.69) is 10.5 Å². The number of ether oxygens (including phenoxy) is 2. The molecule has 6 heteroatoms. The van der Waals surface area contributed by atoms with Crippen molar-refractivity contribution in [1.29, 1.82) is 0 Å². The van der Waals surface area contributed by atoms with Gasteiger partial charge in [-0.2, -0.15) is 5.10 Å². The molecular formula is C21H20N2O4. The molecule has 0 radical (unpaired) electrons. The van der Waals surface area contributed by atoms with Gasteiger partial charge in [-0.1, -0.05) is 12.1 Å². The Morgan fingerprint density at radius 1 is 1.04 bits per heavy atom. The zero-order chi connectivity index (χ0) is 18.9. The first-order valence-corrected chi connectivity index (χ1v) is 8.56. The van der Waals surface area contributed by atoms with Crippen molar-refractivity contribution in [2.45, 2.75) is 13.5 Å². The predicted molar refractivity (Wildman–Crippen MR) is 102 cm³/mol. The summed E-state index contributed by atoms with van der Waals surface area (Å²) in [4.78, 5) is 12.1. The van der Waals surface area contributed by atoms with Gasteiger partial charge in [-0.05, 0) is 61.0 Å². The first-order valence-electron chi connectivity index (χ1n) is 8.56. The molecule has 0 spiro atoms. The van der Waals surface area contributed by atoms with Crippen molar-refractivity contribution in [3.8, 4) is 11.5 Å². The Bertz CT molecular complexity index is 870. The number of furan rings is 1. The minimum Gasteiger partial charge on any atom is -0.494 e. The summed E-state index contributed by atoms with van der Waals surface area (Å²) in [6.45, 7) is 2.99. The summed E-state index contributed by atoms with van der Waals surface area (Å²) in [7, 11) is 0. The smallest absolute Gasteiger partial charge is 0.271 e. The van der Waals surface area contributed by atoms with E-state index in [0.29, 0.717) is 24.5 Å². The molecule has 0 fully saturated rings. The molecule has 1 N–H and O–H groups in total. The van der Waals surface area contributed by atoms with Crippen LogP contribution in [0.4, 0.5) is 0 Å². The van der Waals surface area contributed by atoms with Crippen LogP contribution < -0.4 is 14.9 Å². The zero-order valence-electron chi connectivity index (χ0n) is 14.9. The second-order valence-corrected chi connectivity index (χ2v) is 5.60. The van der Waals surface area contributed by atoms with E-state index in [1.54, 1.807) is 24.3 Å². The summed E-state index contributed by atoms with van der Waals surface area (Å²) in [5.74, 6) is 1.84. The van der Waals surface area contributed by atoms with E-state index in [1.807, 2.05) is 43.3 Å². The molecule has 0 aliphatic carbocycles. The fourth-order valence-electron chi connectivity index (χ4n) is 2.30. The first kappa shape index (κ1) is 18.3. The van der Waals surface area contributed by atoms with Crippen molar-refractivity contribution in [3.05, 3.63) is 83.8 Å². The molecular weight excluding hydrogens is 344 g/mol. The van der Waals surface area contributed by atoms with Crippen molar-refractivity contribution in [1.82, 2.24) is 5.43 Å². The molecule has 0 unspecified atom stereocenters. The lowest BCUT2D eigenvalue weighted by atomic mass is 10.1. The Kier molecular flexibility index (Phi) is 6.25. The Labute approximate surface area is 157 Å². The SMILES string of the molecule is CCOc1ccc(OCc2ccc(C(=O)N/N=C\c3ccco3)cc2)cc1. The standard InChI is InChI=1S/C21H20N2O4/c1-2-25-18-9-11-19(12-10-18)27-15-16-5-7-17(8-6-16)21(24)23-22-14-20-4-3-13-26-20/h3-14H,2,15H2,1H3,(H,23,24)/b22-14-. The predicted octanol–water partition coefficient (Wildman–Crippen LogP) is 4.02. The van der Waals surface area contributed by atoms with Crippen LogP contribution >= 0.6 is 0 Å². The van der Waals surface area contributed by atoms with Crippen molar-refractivity contribution in [2.24, 2.45) is 5.10 Å². The molecule has 0 bridgehead atoms. The molecule has 3 aromatic rings. The summed E-state index contributed by atoms with van der Waals surface area (Å²) < 4.78 is 16.2. The lowest BCUT2D eigenvalue weighted by molar-refractivity contribution is 0.0955. The van der Waals surface area contributed by atoms with Gasteiger partial charge in [0, 0.05) is 5.56 Å². The number of carbonyl (C=O) groups excluding carboxylic acids is 1. The Balaban J connectivity index is 1.49. The van der Waals surface area contributed by atoms with Crippen LogP contribution in [0.25, 0.3) is 0 Å². The highest BCUT2D eigenvalue weighted by atomic mass is 16.5. The van der Waals surface area contributed by atoms with Gasteiger partial charge in [0.2, 0.25) is 0 Å². The summed E-state index contributed by atoms with van der Waals surface area (Å²) in [6, 6.07) is 18.1. The van der Waals surface area contributed by atoms with E-state index in [1.165, 1.54) is 12.5 Å². The molecule has 0 saturated carbocycles. The maximum Gasteiger partial charge on any atom is 0.271 e. The molecule has 6 nitrogen and oxygen atoms in total. The molecule has 0 aliphatic heterocycles.